The lowest BCUT2D eigenvalue weighted by Gasteiger charge is -2.24. The monoisotopic (exact) mass is 296 g/mol. The Morgan fingerprint density at radius 3 is 3.05 bits per heavy atom. The molecule has 1 atom stereocenters. The number of carbonyl (C=O) groups excluding carboxylic acids is 2. The molecule has 20 heavy (non-hydrogen) atoms. The quantitative estimate of drug-likeness (QED) is 0.811. The molecule has 2 fully saturated rings. The van der Waals surface area contributed by atoms with Crippen molar-refractivity contribution in [2.75, 3.05) is 24.7 Å². The van der Waals surface area contributed by atoms with Gasteiger partial charge in [-0.3, -0.25) is 9.59 Å². The van der Waals surface area contributed by atoms with Crippen LogP contribution in [-0.4, -0.2) is 56.5 Å². The average molecular weight is 296 g/mol. The molecule has 3 rings (SSSR count). The maximum atomic E-state index is 12.4. The van der Waals surface area contributed by atoms with E-state index in [1.807, 2.05) is 0 Å². The summed E-state index contributed by atoms with van der Waals surface area (Å²) in [4.78, 5) is 31.5. The summed E-state index contributed by atoms with van der Waals surface area (Å²) in [7, 11) is 0. The molecule has 108 valence electrons. The molecular formula is C12H16N4O3S. The van der Waals surface area contributed by atoms with Crippen molar-refractivity contribution in [1.29, 1.82) is 0 Å². The predicted molar refractivity (Wildman–Crippen MR) is 71.8 cm³/mol. The van der Waals surface area contributed by atoms with Crippen molar-refractivity contribution in [1.82, 2.24) is 19.9 Å². The van der Waals surface area contributed by atoms with Crippen LogP contribution in [0.4, 0.5) is 0 Å². The fourth-order valence-electron chi connectivity index (χ4n) is 2.58. The van der Waals surface area contributed by atoms with Gasteiger partial charge in [-0.2, -0.15) is 4.98 Å². The molecule has 0 aliphatic carbocycles. The van der Waals surface area contributed by atoms with Crippen molar-refractivity contribution in [3.8, 4) is 0 Å². The van der Waals surface area contributed by atoms with Gasteiger partial charge < -0.3 is 14.3 Å². The second-order valence-corrected chi connectivity index (χ2v) is 5.94. The van der Waals surface area contributed by atoms with E-state index >= 15 is 0 Å². The third-order valence-corrected chi connectivity index (χ3v) is 4.51. The number of amides is 2. The van der Waals surface area contributed by atoms with Crippen molar-refractivity contribution in [2.24, 2.45) is 0 Å². The average Bonchev–Trinajstić information content (AvgIpc) is 3.11. The Morgan fingerprint density at radius 1 is 1.55 bits per heavy atom. The summed E-state index contributed by atoms with van der Waals surface area (Å²) in [6.45, 7) is 2.57. The number of carbonyl (C=O) groups is 2. The smallest absolute Gasteiger partial charge is 0.242 e. The van der Waals surface area contributed by atoms with Gasteiger partial charge in [0.15, 0.2) is 5.82 Å². The van der Waals surface area contributed by atoms with Gasteiger partial charge in [0.2, 0.25) is 17.7 Å². The lowest BCUT2D eigenvalue weighted by Crippen LogP contribution is -2.41. The Balaban J connectivity index is 1.68. The molecule has 0 bridgehead atoms. The molecule has 0 unspecified atom stereocenters. The van der Waals surface area contributed by atoms with Crippen LogP contribution in [0.25, 0.3) is 0 Å². The summed E-state index contributed by atoms with van der Waals surface area (Å²) in [6.07, 6.45) is 1.76. The zero-order valence-corrected chi connectivity index (χ0v) is 12.1. The number of likely N-dealkylation sites (tertiary alicyclic amines) is 1. The Hall–Kier alpha value is -1.57. The molecule has 2 aliphatic heterocycles. The number of nitrogens with zero attached hydrogens (tertiary/aromatic N) is 4. The molecular weight excluding hydrogens is 280 g/mol. The van der Waals surface area contributed by atoms with Gasteiger partial charge in [0.05, 0.1) is 17.7 Å². The molecule has 7 nitrogen and oxygen atoms in total. The van der Waals surface area contributed by atoms with E-state index in [0.29, 0.717) is 29.9 Å². The topological polar surface area (TPSA) is 79.5 Å². The van der Waals surface area contributed by atoms with Crippen LogP contribution >= 0.6 is 11.8 Å². The molecule has 1 aromatic heterocycles. The molecule has 0 spiro atoms. The van der Waals surface area contributed by atoms with Crippen molar-refractivity contribution < 1.29 is 14.1 Å². The van der Waals surface area contributed by atoms with E-state index in [-0.39, 0.29) is 24.4 Å². The molecule has 0 saturated carbocycles. The third kappa shape index (κ3) is 2.52. The molecule has 0 N–H and O–H groups in total. The van der Waals surface area contributed by atoms with Gasteiger partial charge in [-0.25, -0.2) is 0 Å². The number of aryl methyl sites for hydroxylation is 1. The Kier molecular flexibility index (Phi) is 3.64. The van der Waals surface area contributed by atoms with Crippen LogP contribution in [-0.2, 0) is 9.59 Å². The standard InChI is InChI=1S/C12H16N4O3S/c1-8-13-12(14-19-8)9-3-2-4-16(9)10(17)5-15-7-20-6-11(15)18/h9H,2-7H2,1H3/t9-/m0/s1. The fourth-order valence-corrected chi connectivity index (χ4v) is 3.48. The molecule has 2 aliphatic rings. The summed E-state index contributed by atoms with van der Waals surface area (Å²) in [5.41, 5.74) is 0. The Labute approximate surface area is 120 Å². The van der Waals surface area contributed by atoms with Gasteiger partial charge in [0.1, 0.15) is 6.54 Å². The van der Waals surface area contributed by atoms with Crippen molar-refractivity contribution in [3.05, 3.63) is 11.7 Å². The molecule has 0 radical (unpaired) electrons. The Morgan fingerprint density at radius 2 is 2.40 bits per heavy atom. The van der Waals surface area contributed by atoms with Crippen molar-refractivity contribution >= 4 is 23.6 Å². The maximum Gasteiger partial charge on any atom is 0.242 e. The van der Waals surface area contributed by atoms with Crippen LogP contribution in [0.1, 0.15) is 30.6 Å². The first-order chi connectivity index (χ1) is 9.65. The van der Waals surface area contributed by atoms with Crippen LogP contribution in [0.15, 0.2) is 4.52 Å². The van der Waals surface area contributed by atoms with E-state index in [1.165, 1.54) is 0 Å². The van der Waals surface area contributed by atoms with E-state index in [9.17, 15) is 9.59 Å². The van der Waals surface area contributed by atoms with Crippen LogP contribution in [0, 0.1) is 6.92 Å². The number of aromatic nitrogens is 2. The summed E-state index contributed by atoms with van der Waals surface area (Å²) in [6, 6.07) is -0.120. The highest BCUT2D eigenvalue weighted by Crippen LogP contribution is 2.30. The third-order valence-electron chi connectivity index (χ3n) is 3.57. The highest BCUT2D eigenvalue weighted by Gasteiger charge is 2.35. The summed E-state index contributed by atoms with van der Waals surface area (Å²) >= 11 is 1.54. The number of rotatable bonds is 3. The van der Waals surface area contributed by atoms with Crippen LogP contribution in [0.3, 0.4) is 0 Å². The van der Waals surface area contributed by atoms with Crippen LogP contribution < -0.4 is 0 Å². The predicted octanol–water partition coefficient (Wildman–Crippen LogP) is 0.574. The molecule has 2 saturated heterocycles. The van der Waals surface area contributed by atoms with Gasteiger partial charge in [0.25, 0.3) is 0 Å². The van der Waals surface area contributed by atoms with Gasteiger partial charge in [-0.05, 0) is 12.8 Å². The second-order valence-electron chi connectivity index (χ2n) is 4.99. The lowest BCUT2D eigenvalue weighted by atomic mass is 10.2. The number of thioether (sulfide) groups is 1. The summed E-state index contributed by atoms with van der Waals surface area (Å²) in [5.74, 6) is 2.15. The molecule has 8 heteroatoms. The zero-order chi connectivity index (χ0) is 14.1. The van der Waals surface area contributed by atoms with Crippen molar-refractivity contribution in [3.63, 3.8) is 0 Å². The van der Waals surface area contributed by atoms with Crippen LogP contribution in [0.2, 0.25) is 0 Å². The van der Waals surface area contributed by atoms with E-state index in [1.54, 1.807) is 28.5 Å². The first-order valence-electron chi connectivity index (χ1n) is 6.60. The molecule has 1 aromatic rings. The minimum absolute atomic E-state index is 0.0363. The maximum absolute atomic E-state index is 12.4. The summed E-state index contributed by atoms with van der Waals surface area (Å²) < 4.78 is 4.99. The zero-order valence-electron chi connectivity index (χ0n) is 11.2. The van der Waals surface area contributed by atoms with E-state index < -0.39 is 0 Å². The van der Waals surface area contributed by atoms with E-state index in [4.69, 9.17) is 4.52 Å². The highest BCUT2D eigenvalue weighted by atomic mass is 32.2. The van der Waals surface area contributed by atoms with Gasteiger partial charge in [-0.15, -0.1) is 11.8 Å². The normalized spacial score (nSPS) is 22.9. The first-order valence-corrected chi connectivity index (χ1v) is 7.76. The number of hydrogen-bond donors (Lipinski definition) is 0. The Bertz CT molecular complexity index is 533. The lowest BCUT2D eigenvalue weighted by molar-refractivity contribution is -0.138. The largest absolute Gasteiger partial charge is 0.340 e. The molecule has 3 heterocycles. The minimum Gasteiger partial charge on any atom is -0.340 e. The molecule has 0 aromatic carbocycles. The van der Waals surface area contributed by atoms with Gasteiger partial charge in [0, 0.05) is 13.5 Å². The first kappa shape index (κ1) is 13.4. The van der Waals surface area contributed by atoms with Gasteiger partial charge in [-0.1, -0.05) is 5.16 Å². The van der Waals surface area contributed by atoms with Crippen molar-refractivity contribution in [2.45, 2.75) is 25.8 Å². The van der Waals surface area contributed by atoms with E-state index in [0.717, 1.165) is 12.8 Å². The van der Waals surface area contributed by atoms with E-state index in [2.05, 4.69) is 10.1 Å². The van der Waals surface area contributed by atoms with Crippen LogP contribution in [0.5, 0.6) is 0 Å². The SMILES string of the molecule is Cc1nc([C@@H]2CCCN2C(=O)CN2CSCC2=O)no1. The second kappa shape index (κ2) is 5.43. The molecule has 2 amide bonds. The van der Waals surface area contributed by atoms with Gasteiger partial charge >= 0.3 is 0 Å². The minimum atomic E-state index is -0.120. The fraction of sp³-hybridized carbons (Fsp3) is 0.667. The number of hydrogen-bond acceptors (Lipinski definition) is 6. The highest BCUT2D eigenvalue weighted by molar-refractivity contribution is 8.00. The summed E-state index contributed by atoms with van der Waals surface area (Å²) in [5, 5.41) is 3.91.